The van der Waals surface area contributed by atoms with Gasteiger partial charge in [-0.1, -0.05) is 37.6 Å². The van der Waals surface area contributed by atoms with Crippen LogP contribution in [0.4, 0.5) is 0 Å². The predicted octanol–water partition coefficient (Wildman–Crippen LogP) is 3.10. The van der Waals surface area contributed by atoms with Gasteiger partial charge in [0.15, 0.2) is 11.0 Å². The monoisotopic (exact) mass is 391 g/mol. The number of piperidine rings is 1. The number of hydrogen-bond acceptors (Lipinski definition) is 2. The first-order chi connectivity index (χ1) is 14.1. The van der Waals surface area contributed by atoms with E-state index in [4.69, 9.17) is 0 Å². The Balaban J connectivity index is 1.76. The number of aromatic nitrogens is 2. The van der Waals surface area contributed by atoms with Crippen LogP contribution in [0, 0.1) is 0 Å². The van der Waals surface area contributed by atoms with Gasteiger partial charge in [0, 0.05) is 18.2 Å². The second-order valence-electron chi connectivity index (χ2n) is 7.99. The zero-order valence-corrected chi connectivity index (χ0v) is 17.7. The standard InChI is InChI=1S/C24H30N4O/c1-4-17-13-14-20(23(29)26-16-19-12-8-9-15-25-19)22-21(17)27(2)24(28(22)3)18-10-6-5-7-11-18/h5-7,10-11,13-14,19,25H,4,8-9,12,15-16H2,1-3H3/p+1. The maximum absolute atomic E-state index is 13.1. The van der Waals surface area contributed by atoms with E-state index in [0.29, 0.717) is 12.6 Å². The second kappa shape index (κ2) is 8.37. The normalized spacial score (nSPS) is 16.9. The Morgan fingerprint density at radius 1 is 1.21 bits per heavy atom. The average molecular weight is 392 g/mol. The Hall–Kier alpha value is -2.66. The Bertz CT molecular complexity index is 1020. The van der Waals surface area contributed by atoms with Gasteiger partial charge >= 0.3 is 0 Å². The van der Waals surface area contributed by atoms with Crippen LogP contribution in [0.3, 0.4) is 0 Å². The highest BCUT2D eigenvalue weighted by Crippen LogP contribution is 2.27. The molecule has 0 spiro atoms. The summed E-state index contributed by atoms with van der Waals surface area (Å²) in [5, 5.41) is 6.67. The Morgan fingerprint density at radius 2 is 2.00 bits per heavy atom. The van der Waals surface area contributed by atoms with Crippen LogP contribution >= 0.6 is 0 Å². The quantitative estimate of drug-likeness (QED) is 0.657. The van der Waals surface area contributed by atoms with Crippen LogP contribution in [0.1, 0.15) is 42.1 Å². The predicted molar refractivity (Wildman–Crippen MR) is 117 cm³/mol. The third-order valence-corrected chi connectivity index (χ3v) is 6.12. The number of aryl methyl sites for hydroxylation is 3. The minimum absolute atomic E-state index is 0.00541. The molecule has 0 aliphatic carbocycles. The number of carbonyl (C=O) groups excluding carboxylic acids is 1. The van der Waals surface area contributed by atoms with Crippen LogP contribution in [-0.2, 0) is 20.5 Å². The van der Waals surface area contributed by atoms with E-state index < -0.39 is 0 Å². The van der Waals surface area contributed by atoms with Gasteiger partial charge in [-0.2, -0.15) is 0 Å². The van der Waals surface area contributed by atoms with E-state index in [1.807, 2.05) is 12.1 Å². The zero-order chi connectivity index (χ0) is 20.4. The number of nitrogens with zero attached hydrogens (tertiary/aromatic N) is 2. The first-order valence-electron chi connectivity index (χ1n) is 10.7. The number of fused-ring (bicyclic) bond motifs is 1. The number of hydrogen-bond donors (Lipinski definition) is 2. The molecular formula is C24H31N4O+. The number of rotatable bonds is 5. The summed E-state index contributed by atoms with van der Waals surface area (Å²) in [6.07, 6.45) is 4.51. The molecule has 1 aliphatic rings. The van der Waals surface area contributed by atoms with Crippen molar-refractivity contribution < 1.29 is 9.36 Å². The third kappa shape index (κ3) is 3.67. The highest BCUT2D eigenvalue weighted by atomic mass is 16.1. The van der Waals surface area contributed by atoms with Crippen molar-refractivity contribution in [1.82, 2.24) is 15.2 Å². The summed E-state index contributed by atoms with van der Waals surface area (Å²) >= 11 is 0. The SMILES string of the molecule is CCc1ccc(C(=O)NCC2CCCCN2)c2c1[n+](C)c(-c1ccccc1)n2C. The van der Waals surface area contributed by atoms with Crippen molar-refractivity contribution in [2.45, 2.75) is 38.6 Å². The summed E-state index contributed by atoms with van der Waals surface area (Å²) in [4.78, 5) is 13.1. The van der Waals surface area contributed by atoms with Crippen LogP contribution in [0.5, 0.6) is 0 Å². The van der Waals surface area contributed by atoms with Gasteiger partial charge in [-0.25, -0.2) is 9.13 Å². The summed E-state index contributed by atoms with van der Waals surface area (Å²) in [5.74, 6) is 1.11. The molecule has 1 unspecified atom stereocenters. The third-order valence-electron chi connectivity index (χ3n) is 6.12. The van der Waals surface area contributed by atoms with Crippen molar-refractivity contribution in [3.8, 4) is 11.4 Å². The molecule has 1 aliphatic heterocycles. The first-order valence-corrected chi connectivity index (χ1v) is 10.7. The summed E-state index contributed by atoms with van der Waals surface area (Å²) < 4.78 is 4.39. The number of nitrogens with one attached hydrogen (secondary N) is 2. The largest absolute Gasteiger partial charge is 0.350 e. The minimum Gasteiger partial charge on any atom is -0.350 e. The van der Waals surface area contributed by atoms with E-state index in [0.717, 1.165) is 47.4 Å². The van der Waals surface area contributed by atoms with Gasteiger partial charge in [0.25, 0.3) is 11.7 Å². The van der Waals surface area contributed by atoms with Crippen molar-refractivity contribution in [2.24, 2.45) is 14.1 Å². The van der Waals surface area contributed by atoms with E-state index >= 15 is 0 Å². The van der Waals surface area contributed by atoms with E-state index in [1.165, 1.54) is 18.4 Å². The smallest absolute Gasteiger partial charge is 0.289 e. The molecule has 2 heterocycles. The molecule has 1 atom stereocenters. The molecule has 2 aromatic carbocycles. The Kier molecular flexibility index (Phi) is 5.67. The lowest BCUT2D eigenvalue weighted by Crippen LogP contribution is -2.43. The van der Waals surface area contributed by atoms with Gasteiger partial charge in [-0.15, -0.1) is 0 Å². The molecule has 1 aromatic heterocycles. The molecule has 29 heavy (non-hydrogen) atoms. The minimum atomic E-state index is 0.00541. The van der Waals surface area contributed by atoms with Crippen molar-refractivity contribution in [3.05, 3.63) is 53.6 Å². The van der Waals surface area contributed by atoms with Crippen molar-refractivity contribution >= 4 is 16.9 Å². The van der Waals surface area contributed by atoms with E-state index in [2.05, 4.69) is 71.1 Å². The molecule has 152 valence electrons. The van der Waals surface area contributed by atoms with E-state index in [1.54, 1.807) is 0 Å². The highest BCUT2D eigenvalue weighted by Gasteiger charge is 2.28. The van der Waals surface area contributed by atoms with Gasteiger partial charge in [-0.3, -0.25) is 4.79 Å². The summed E-state index contributed by atoms with van der Waals surface area (Å²) in [6.45, 7) is 3.89. The lowest BCUT2D eigenvalue weighted by Gasteiger charge is -2.23. The van der Waals surface area contributed by atoms with Gasteiger partial charge in [0.1, 0.15) is 0 Å². The fraction of sp³-hybridized carbons (Fsp3) is 0.417. The van der Waals surface area contributed by atoms with Crippen molar-refractivity contribution in [1.29, 1.82) is 0 Å². The summed E-state index contributed by atoms with van der Waals surface area (Å²) in [6, 6.07) is 14.8. The number of benzene rings is 2. The maximum atomic E-state index is 13.1. The molecule has 2 N–H and O–H groups in total. The van der Waals surface area contributed by atoms with Crippen molar-refractivity contribution in [3.63, 3.8) is 0 Å². The maximum Gasteiger partial charge on any atom is 0.289 e. The number of carbonyl (C=O) groups is 1. The first kappa shape index (κ1) is 19.6. The van der Waals surface area contributed by atoms with Crippen LogP contribution < -0.4 is 15.2 Å². The van der Waals surface area contributed by atoms with Crippen molar-refractivity contribution in [2.75, 3.05) is 13.1 Å². The highest BCUT2D eigenvalue weighted by molar-refractivity contribution is 6.05. The van der Waals surface area contributed by atoms with E-state index in [-0.39, 0.29) is 5.91 Å². The lowest BCUT2D eigenvalue weighted by molar-refractivity contribution is -0.634. The lowest BCUT2D eigenvalue weighted by atomic mass is 10.0. The molecular weight excluding hydrogens is 360 g/mol. The molecule has 4 rings (SSSR count). The molecule has 0 bridgehead atoms. The van der Waals surface area contributed by atoms with Gasteiger partial charge in [-0.05, 0) is 44.0 Å². The van der Waals surface area contributed by atoms with E-state index in [9.17, 15) is 4.79 Å². The molecule has 5 heteroatoms. The summed E-state index contributed by atoms with van der Waals surface area (Å²) in [5.41, 5.74) is 5.28. The molecule has 1 fully saturated rings. The van der Waals surface area contributed by atoms with Crippen LogP contribution in [0.2, 0.25) is 0 Å². The number of imidazole rings is 1. The fourth-order valence-corrected chi connectivity index (χ4v) is 4.62. The second-order valence-corrected chi connectivity index (χ2v) is 7.99. The molecule has 5 nitrogen and oxygen atoms in total. The zero-order valence-electron chi connectivity index (χ0n) is 17.7. The fourth-order valence-electron chi connectivity index (χ4n) is 4.62. The summed E-state index contributed by atoms with van der Waals surface area (Å²) in [7, 11) is 4.15. The molecule has 0 saturated carbocycles. The topological polar surface area (TPSA) is 49.9 Å². The van der Waals surface area contributed by atoms with Gasteiger partial charge in [0.05, 0.1) is 25.2 Å². The van der Waals surface area contributed by atoms with Crippen LogP contribution in [0.15, 0.2) is 42.5 Å². The molecule has 0 radical (unpaired) electrons. The average Bonchev–Trinajstić information content (AvgIpc) is 3.03. The molecule has 1 saturated heterocycles. The van der Waals surface area contributed by atoms with Gasteiger partial charge < -0.3 is 10.6 Å². The molecule has 3 aromatic rings. The number of amides is 1. The van der Waals surface area contributed by atoms with Crippen LogP contribution in [0.25, 0.3) is 22.4 Å². The molecule has 1 amide bonds. The Labute approximate surface area is 172 Å². The van der Waals surface area contributed by atoms with Crippen LogP contribution in [-0.4, -0.2) is 29.6 Å². The Morgan fingerprint density at radius 3 is 2.69 bits per heavy atom. The van der Waals surface area contributed by atoms with Gasteiger partial charge in [0.2, 0.25) is 0 Å².